The zero-order chi connectivity index (χ0) is 27.4. The Morgan fingerprint density at radius 2 is 2.03 bits per heavy atom. The minimum atomic E-state index is -0.429. The van der Waals surface area contributed by atoms with Crippen molar-refractivity contribution < 1.29 is 14.3 Å². The monoisotopic (exact) mass is 533 g/mol. The molecule has 0 bridgehead atoms. The van der Waals surface area contributed by atoms with Crippen molar-refractivity contribution in [3.05, 3.63) is 63.8 Å². The van der Waals surface area contributed by atoms with Crippen LogP contribution in [0, 0.1) is 6.92 Å². The van der Waals surface area contributed by atoms with Crippen LogP contribution in [0.2, 0.25) is 0 Å². The summed E-state index contributed by atoms with van der Waals surface area (Å²) >= 11 is 0. The van der Waals surface area contributed by atoms with Crippen molar-refractivity contribution in [3.8, 4) is 11.4 Å². The minimum Gasteiger partial charge on any atom is -0.465 e. The second-order valence-corrected chi connectivity index (χ2v) is 9.93. The van der Waals surface area contributed by atoms with Crippen LogP contribution in [0.15, 0.2) is 41.6 Å². The minimum absolute atomic E-state index is 0.229. The fourth-order valence-electron chi connectivity index (χ4n) is 5.26. The number of pyridine rings is 1. The van der Waals surface area contributed by atoms with Gasteiger partial charge < -0.3 is 29.7 Å². The number of hydrogen-bond acceptors (Lipinski definition) is 8. The molecule has 1 saturated heterocycles. The Labute approximate surface area is 226 Å². The van der Waals surface area contributed by atoms with Crippen LogP contribution in [-0.4, -0.2) is 82.6 Å². The molecule has 0 radical (unpaired) electrons. The fraction of sp³-hybridized carbons (Fsp3) is 0.429. The van der Waals surface area contributed by atoms with Gasteiger partial charge in [-0.3, -0.25) is 9.48 Å². The molecule has 0 amide bonds. The number of likely N-dealkylation sites (tertiary alicyclic amines) is 1. The van der Waals surface area contributed by atoms with E-state index in [9.17, 15) is 9.59 Å². The predicted molar refractivity (Wildman–Crippen MR) is 149 cm³/mol. The maximum absolute atomic E-state index is 12.9. The average molecular weight is 534 g/mol. The van der Waals surface area contributed by atoms with Crippen LogP contribution in [-0.2, 0) is 16.0 Å². The highest BCUT2D eigenvalue weighted by molar-refractivity contribution is 5.88. The number of aromatic nitrogens is 5. The lowest BCUT2D eigenvalue weighted by Crippen LogP contribution is -2.35. The van der Waals surface area contributed by atoms with Crippen LogP contribution in [0.4, 0.5) is 5.69 Å². The van der Waals surface area contributed by atoms with E-state index < -0.39 is 5.97 Å². The topological polar surface area (TPSA) is 130 Å². The van der Waals surface area contributed by atoms with Crippen LogP contribution in [0.25, 0.3) is 22.4 Å². The molecule has 5 rings (SSSR count). The van der Waals surface area contributed by atoms with Gasteiger partial charge in [-0.15, -0.1) is 0 Å². The van der Waals surface area contributed by atoms with Crippen molar-refractivity contribution in [1.29, 1.82) is 0 Å². The normalized spacial score (nSPS) is 14.6. The molecule has 0 unspecified atom stereocenters. The van der Waals surface area contributed by atoms with E-state index in [0.717, 1.165) is 55.7 Å². The Bertz CT molecular complexity index is 1500. The number of rotatable bonds is 10. The molecule has 3 aromatic heterocycles. The van der Waals surface area contributed by atoms with Crippen LogP contribution >= 0.6 is 0 Å². The van der Waals surface area contributed by atoms with Gasteiger partial charge in [0.25, 0.3) is 5.56 Å². The molecule has 0 spiro atoms. The lowest BCUT2D eigenvalue weighted by atomic mass is 9.88. The lowest BCUT2D eigenvalue weighted by Gasteiger charge is -2.32. The molecule has 11 heteroatoms. The molecule has 1 aliphatic rings. The molecule has 0 atom stereocenters. The van der Waals surface area contributed by atoms with Crippen molar-refractivity contribution in [2.75, 3.05) is 52.3 Å². The first-order valence-electron chi connectivity index (χ1n) is 13.2. The largest absolute Gasteiger partial charge is 0.465 e. The van der Waals surface area contributed by atoms with E-state index in [1.807, 2.05) is 6.07 Å². The summed E-state index contributed by atoms with van der Waals surface area (Å²) in [5, 5.41) is 7.52. The number of fused-ring (bicyclic) bond motifs is 1. The van der Waals surface area contributed by atoms with E-state index in [1.165, 1.54) is 18.9 Å². The highest BCUT2D eigenvalue weighted by atomic mass is 16.5. The number of H-pyrrole nitrogens is 2. The van der Waals surface area contributed by atoms with E-state index in [1.54, 1.807) is 24.2 Å². The van der Waals surface area contributed by atoms with Gasteiger partial charge in [-0.05, 0) is 62.0 Å². The SMILES string of the molecule is COCCN1CCC(c2cc(C)c3nc(-c4c(NCCn5cc(C(=O)OC)cn5)cc[nH]c4=O)[nH]c3c2)CC1. The molecular weight excluding hydrogens is 498 g/mol. The molecule has 4 heterocycles. The lowest BCUT2D eigenvalue weighted by molar-refractivity contribution is 0.0600. The molecule has 1 aromatic carbocycles. The van der Waals surface area contributed by atoms with Crippen LogP contribution in [0.5, 0.6) is 0 Å². The predicted octanol–water partition coefficient (Wildman–Crippen LogP) is 3.15. The number of ether oxygens (including phenoxy) is 2. The number of anilines is 1. The van der Waals surface area contributed by atoms with Gasteiger partial charge in [0.15, 0.2) is 0 Å². The van der Waals surface area contributed by atoms with Gasteiger partial charge in [0, 0.05) is 32.6 Å². The van der Waals surface area contributed by atoms with E-state index in [2.05, 4.69) is 44.3 Å². The Balaban J connectivity index is 1.33. The number of benzene rings is 1. The number of carbonyl (C=O) groups excluding carboxylic acids is 1. The Morgan fingerprint density at radius 3 is 2.79 bits per heavy atom. The molecule has 206 valence electrons. The molecule has 39 heavy (non-hydrogen) atoms. The highest BCUT2D eigenvalue weighted by Crippen LogP contribution is 2.32. The number of aromatic amines is 2. The Kier molecular flexibility index (Phi) is 8.08. The van der Waals surface area contributed by atoms with Gasteiger partial charge in [-0.25, -0.2) is 9.78 Å². The second kappa shape index (κ2) is 11.8. The van der Waals surface area contributed by atoms with Crippen molar-refractivity contribution in [3.63, 3.8) is 0 Å². The van der Waals surface area contributed by atoms with E-state index in [-0.39, 0.29) is 5.56 Å². The number of nitrogens with zero attached hydrogens (tertiary/aromatic N) is 4. The first kappa shape index (κ1) is 26.6. The van der Waals surface area contributed by atoms with Gasteiger partial charge in [0.2, 0.25) is 0 Å². The number of carbonyl (C=O) groups is 1. The quantitative estimate of drug-likeness (QED) is 0.265. The Morgan fingerprint density at radius 1 is 1.21 bits per heavy atom. The Hall–Kier alpha value is -3.96. The number of piperidine rings is 1. The maximum Gasteiger partial charge on any atom is 0.341 e. The van der Waals surface area contributed by atoms with Crippen LogP contribution in [0.1, 0.15) is 40.2 Å². The second-order valence-electron chi connectivity index (χ2n) is 9.93. The van der Waals surface area contributed by atoms with Crippen LogP contribution in [0.3, 0.4) is 0 Å². The van der Waals surface area contributed by atoms with E-state index >= 15 is 0 Å². The number of aryl methyl sites for hydroxylation is 1. The zero-order valence-corrected chi connectivity index (χ0v) is 22.6. The molecule has 11 nitrogen and oxygen atoms in total. The standard InChI is InChI=1S/C28H35N7O4/c1-18-14-20(19-5-9-34(10-6-19)12-13-38-2)15-23-25(18)33-26(32-23)24-22(4-7-30-27(24)36)29-8-11-35-17-21(16-31-35)28(37)39-3/h4,7,14-17,19H,5-6,8-13H2,1-3H3,(H,32,33)(H2,29,30,36). The third kappa shape index (κ3) is 5.89. The van der Waals surface area contributed by atoms with Gasteiger partial charge in [-0.2, -0.15) is 5.10 Å². The average Bonchev–Trinajstić information content (AvgIpc) is 3.59. The van der Waals surface area contributed by atoms with E-state index in [4.69, 9.17) is 14.5 Å². The smallest absolute Gasteiger partial charge is 0.341 e. The van der Waals surface area contributed by atoms with Crippen molar-refractivity contribution >= 4 is 22.7 Å². The summed E-state index contributed by atoms with van der Waals surface area (Å²) in [5.74, 6) is 0.594. The van der Waals surface area contributed by atoms with Crippen molar-refractivity contribution in [1.82, 2.24) is 29.6 Å². The summed E-state index contributed by atoms with van der Waals surface area (Å²) < 4.78 is 11.6. The summed E-state index contributed by atoms with van der Waals surface area (Å²) in [5.41, 5.74) is 5.49. The van der Waals surface area contributed by atoms with Gasteiger partial charge in [0.1, 0.15) is 11.4 Å². The van der Waals surface area contributed by atoms with Crippen molar-refractivity contribution in [2.45, 2.75) is 32.2 Å². The molecule has 3 N–H and O–H groups in total. The number of imidazole rings is 1. The van der Waals surface area contributed by atoms with Crippen molar-refractivity contribution in [2.24, 2.45) is 0 Å². The molecule has 1 aliphatic heterocycles. The third-order valence-corrected chi connectivity index (χ3v) is 7.38. The van der Waals surface area contributed by atoms with Gasteiger partial charge in [0.05, 0.1) is 48.7 Å². The highest BCUT2D eigenvalue weighted by Gasteiger charge is 2.22. The number of nitrogens with one attached hydrogen (secondary N) is 3. The summed E-state index contributed by atoms with van der Waals surface area (Å²) in [6.45, 7) is 6.94. The summed E-state index contributed by atoms with van der Waals surface area (Å²) in [7, 11) is 3.08. The molecular formula is C28H35N7O4. The van der Waals surface area contributed by atoms with Gasteiger partial charge >= 0.3 is 5.97 Å². The fourth-order valence-corrected chi connectivity index (χ4v) is 5.26. The molecule has 0 saturated carbocycles. The van der Waals surface area contributed by atoms with Gasteiger partial charge in [-0.1, -0.05) is 6.07 Å². The molecule has 1 fully saturated rings. The molecule has 4 aromatic rings. The summed E-state index contributed by atoms with van der Waals surface area (Å²) in [4.78, 5) is 38.1. The van der Waals surface area contributed by atoms with E-state index in [0.29, 0.717) is 41.6 Å². The summed E-state index contributed by atoms with van der Waals surface area (Å²) in [6, 6.07) is 6.25. The number of methoxy groups -OCH3 is 2. The zero-order valence-electron chi connectivity index (χ0n) is 22.6. The number of hydrogen-bond donors (Lipinski definition) is 3. The number of esters is 1. The maximum atomic E-state index is 12.9. The molecule has 0 aliphatic carbocycles. The first-order valence-corrected chi connectivity index (χ1v) is 13.2. The van der Waals surface area contributed by atoms with Crippen LogP contribution < -0.4 is 10.9 Å². The summed E-state index contributed by atoms with van der Waals surface area (Å²) in [6.07, 6.45) is 6.94. The first-order chi connectivity index (χ1) is 19.0. The third-order valence-electron chi connectivity index (χ3n) is 7.38.